The van der Waals surface area contributed by atoms with Crippen LogP contribution in [0.3, 0.4) is 0 Å². The molecule has 82 valence electrons. The van der Waals surface area contributed by atoms with Crippen LogP contribution < -0.4 is 5.32 Å². The van der Waals surface area contributed by atoms with Gasteiger partial charge in [0, 0.05) is 35.2 Å². The van der Waals surface area contributed by atoms with Gasteiger partial charge in [-0.3, -0.25) is 4.98 Å². The maximum absolute atomic E-state index is 4.10. The van der Waals surface area contributed by atoms with Gasteiger partial charge < -0.3 is 5.32 Å². The van der Waals surface area contributed by atoms with E-state index >= 15 is 0 Å². The molecule has 0 radical (unpaired) electrons. The molecule has 0 bridgehead atoms. The minimum Gasteiger partial charge on any atom is -0.380 e. The fourth-order valence-electron chi connectivity index (χ4n) is 1.28. The lowest BCUT2D eigenvalue weighted by molar-refractivity contribution is 0.936. The minimum absolute atomic E-state index is 0.714. The zero-order valence-corrected chi connectivity index (χ0v) is 10.2. The molecule has 4 nitrogen and oxygen atoms in total. The van der Waals surface area contributed by atoms with Crippen molar-refractivity contribution in [3.8, 4) is 0 Å². The molecule has 2 aromatic rings. The van der Waals surface area contributed by atoms with Crippen molar-refractivity contribution in [1.82, 2.24) is 14.8 Å². The smallest absolute Gasteiger partial charge is 0.0543 e. The lowest BCUT2D eigenvalue weighted by atomic mass is 10.3. The second-order valence-electron chi connectivity index (χ2n) is 3.26. The number of rotatable bonds is 4. The highest BCUT2D eigenvalue weighted by Gasteiger charge is 1.97. The summed E-state index contributed by atoms with van der Waals surface area (Å²) < 4.78 is 2.63. The van der Waals surface area contributed by atoms with Gasteiger partial charge >= 0.3 is 0 Å². The van der Waals surface area contributed by atoms with Crippen molar-refractivity contribution in [3.63, 3.8) is 0 Å². The van der Waals surface area contributed by atoms with E-state index in [9.17, 15) is 0 Å². The molecule has 0 fully saturated rings. The Bertz CT molecular complexity index is 492. The molecular weight excluding hydrogens is 268 g/mol. The van der Waals surface area contributed by atoms with E-state index in [1.54, 1.807) is 29.5 Å². The van der Waals surface area contributed by atoms with Gasteiger partial charge in [-0.05, 0) is 22.0 Å². The summed E-state index contributed by atoms with van der Waals surface area (Å²) in [6.07, 6.45) is 8.92. The average molecular weight is 279 g/mol. The molecule has 0 saturated carbocycles. The van der Waals surface area contributed by atoms with E-state index < -0.39 is 0 Å². The molecule has 1 N–H and O–H groups in total. The molecule has 2 rings (SSSR count). The highest BCUT2D eigenvalue weighted by atomic mass is 79.9. The maximum Gasteiger partial charge on any atom is 0.0543 e. The number of aromatic nitrogens is 3. The van der Waals surface area contributed by atoms with Gasteiger partial charge in [-0.1, -0.05) is 6.58 Å². The molecule has 16 heavy (non-hydrogen) atoms. The van der Waals surface area contributed by atoms with Crippen LogP contribution >= 0.6 is 15.9 Å². The van der Waals surface area contributed by atoms with E-state index in [4.69, 9.17) is 0 Å². The number of halogens is 1. The highest BCUT2D eigenvalue weighted by molar-refractivity contribution is 9.10. The molecule has 0 saturated heterocycles. The van der Waals surface area contributed by atoms with Crippen molar-refractivity contribution < 1.29 is 0 Å². The van der Waals surface area contributed by atoms with Crippen LogP contribution in [0.2, 0.25) is 0 Å². The first kappa shape index (κ1) is 10.9. The zero-order chi connectivity index (χ0) is 11.4. The number of nitrogens with zero attached hydrogens (tertiary/aromatic N) is 3. The van der Waals surface area contributed by atoms with Gasteiger partial charge in [0.2, 0.25) is 0 Å². The van der Waals surface area contributed by atoms with E-state index in [-0.39, 0.29) is 0 Å². The largest absolute Gasteiger partial charge is 0.380 e. The van der Waals surface area contributed by atoms with Gasteiger partial charge in [0.05, 0.1) is 18.1 Å². The Hall–Kier alpha value is -1.62. The molecule has 0 spiro atoms. The summed E-state index contributed by atoms with van der Waals surface area (Å²) in [6, 6.07) is 1.98. The molecule has 0 aliphatic heterocycles. The van der Waals surface area contributed by atoms with Gasteiger partial charge in [0.25, 0.3) is 0 Å². The third-order valence-electron chi connectivity index (χ3n) is 2.04. The van der Waals surface area contributed by atoms with Gasteiger partial charge in [0.15, 0.2) is 0 Å². The average Bonchev–Trinajstić information content (AvgIpc) is 2.74. The van der Waals surface area contributed by atoms with Crippen molar-refractivity contribution in [2.75, 3.05) is 5.32 Å². The molecule has 0 unspecified atom stereocenters. The van der Waals surface area contributed by atoms with Crippen molar-refractivity contribution >= 4 is 27.8 Å². The molecule has 5 heteroatoms. The summed E-state index contributed by atoms with van der Waals surface area (Å²) in [7, 11) is 0. The normalized spacial score (nSPS) is 10.1. The van der Waals surface area contributed by atoms with E-state index in [2.05, 4.69) is 37.9 Å². The van der Waals surface area contributed by atoms with Gasteiger partial charge in [-0.15, -0.1) is 0 Å². The first-order valence-electron chi connectivity index (χ1n) is 4.78. The number of nitrogens with one attached hydrogen (secondary N) is 1. The number of hydrogen-bond acceptors (Lipinski definition) is 3. The lowest BCUT2D eigenvalue weighted by Gasteiger charge is -2.03. The summed E-state index contributed by atoms with van der Waals surface area (Å²) in [4.78, 5) is 4.07. The van der Waals surface area contributed by atoms with Gasteiger partial charge in [-0.25, -0.2) is 4.68 Å². The summed E-state index contributed by atoms with van der Waals surface area (Å²) in [5.41, 5.74) is 2.07. The van der Waals surface area contributed by atoms with E-state index in [0.717, 1.165) is 15.7 Å². The van der Waals surface area contributed by atoms with Crippen LogP contribution in [0, 0.1) is 0 Å². The van der Waals surface area contributed by atoms with E-state index in [1.165, 1.54) is 0 Å². The van der Waals surface area contributed by atoms with Crippen LogP contribution in [0.4, 0.5) is 5.69 Å². The number of anilines is 1. The third kappa shape index (κ3) is 2.70. The summed E-state index contributed by atoms with van der Waals surface area (Å²) in [6.45, 7) is 4.35. The summed E-state index contributed by atoms with van der Waals surface area (Å²) in [5.74, 6) is 0. The van der Waals surface area contributed by atoms with E-state index in [1.807, 2.05) is 12.3 Å². The monoisotopic (exact) mass is 278 g/mol. The van der Waals surface area contributed by atoms with Crippen molar-refractivity contribution in [2.24, 2.45) is 0 Å². The zero-order valence-electron chi connectivity index (χ0n) is 8.60. The minimum atomic E-state index is 0.714. The predicted octanol–water partition coefficient (Wildman–Crippen LogP) is 2.75. The van der Waals surface area contributed by atoms with Crippen molar-refractivity contribution in [3.05, 3.63) is 47.5 Å². The van der Waals surface area contributed by atoms with Crippen LogP contribution in [0.5, 0.6) is 0 Å². The molecule has 0 atom stereocenters. The van der Waals surface area contributed by atoms with E-state index in [0.29, 0.717) is 6.54 Å². The van der Waals surface area contributed by atoms with Crippen molar-refractivity contribution in [2.45, 2.75) is 6.54 Å². The molecule has 0 aliphatic rings. The van der Waals surface area contributed by atoms with Gasteiger partial charge in [0.1, 0.15) is 0 Å². The standard InChI is InChI=1S/C11H11BrN4/c1-2-16-8-9(5-15-16)4-14-11-3-10(12)6-13-7-11/h2-3,5-8,14H,1,4H2. The molecule has 2 heterocycles. The lowest BCUT2D eigenvalue weighted by Crippen LogP contribution is -1.98. The molecule has 2 aromatic heterocycles. The van der Waals surface area contributed by atoms with Gasteiger partial charge in [-0.2, -0.15) is 5.10 Å². The first-order chi connectivity index (χ1) is 7.78. The predicted molar refractivity (Wildman–Crippen MR) is 67.9 cm³/mol. The van der Waals surface area contributed by atoms with Crippen LogP contribution in [-0.4, -0.2) is 14.8 Å². The topological polar surface area (TPSA) is 42.7 Å². The second kappa shape index (κ2) is 4.94. The molecule has 0 amide bonds. The maximum atomic E-state index is 4.10. The molecule has 0 aromatic carbocycles. The first-order valence-corrected chi connectivity index (χ1v) is 5.57. The number of pyridine rings is 1. The molecule has 0 aliphatic carbocycles. The Labute approximate surface area is 102 Å². The van der Waals surface area contributed by atoms with Crippen molar-refractivity contribution in [1.29, 1.82) is 0 Å². The van der Waals surface area contributed by atoms with Crippen LogP contribution in [0.1, 0.15) is 5.56 Å². The highest BCUT2D eigenvalue weighted by Crippen LogP contribution is 2.14. The number of hydrogen-bond donors (Lipinski definition) is 1. The third-order valence-corrected chi connectivity index (χ3v) is 2.48. The van der Waals surface area contributed by atoms with Crippen LogP contribution in [-0.2, 0) is 6.54 Å². The Morgan fingerprint density at radius 2 is 2.31 bits per heavy atom. The van der Waals surface area contributed by atoms with Crippen LogP contribution in [0.25, 0.3) is 6.20 Å². The fourth-order valence-corrected chi connectivity index (χ4v) is 1.65. The summed E-state index contributed by atoms with van der Waals surface area (Å²) >= 11 is 3.37. The molecular formula is C11H11BrN4. The Kier molecular flexibility index (Phi) is 3.36. The summed E-state index contributed by atoms with van der Waals surface area (Å²) in [5, 5.41) is 7.36. The fraction of sp³-hybridized carbons (Fsp3) is 0.0909. The Morgan fingerprint density at radius 1 is 1.44 bits per heavy atom. The van der Waals surface area contributed by atoms with Crippen LogP contribution in [0.15, 0.2) is 41.9 Å². The SMILES string of the molecule is C=Cn1cc(CNc2cncc(Br)c2)cn1. The quantitative estimate of drug-likeness (QED) is 0.935. The second-order valence-corrected chi connectivity index (χ2v) is 4.17. The Morgan fingerprint density at radius 3 is 3.00 bits per heavy atom. The Balaban J connectivity index is 1.99.